The van der Waals surface area contributed by atoms with Gasteiger partial charge in [0.25, 0.3) is 0 Å². The number of carbonyl (C=O) groups is 1. The Morgan fingerprint density at radius 2 is 1.21 bits per heavy atom. The highest BCUT2D eigenvalue weighted by atomic mass is 16.4. The maximum absolute atomic E-state index is 10.5. The van der Waals surface area contributed by atoms with E-state index < -0.39 is 5.97 Å². The third-order valence-electron chi connectivity index (χ3n) is 5.81. The van der Waals surface area contributed by atoms with E-state index in [0.717, 1.165) is 17.2 Å². The van der Waals surface area contributed by atoms with Gasteiger partial charge in [-0.1, -0.05) is 121 Å². The zero-order valence-corrected chi connectivity index (χ0v) is 22.1. The molecule has 1 rings (SSSR count). The highest BCUT2D eigenvalue weighted by Gasteiger charge is 2.26. The maximum Gasteiger partial charge on any atom is 0.328 e. The van der Waals surface area contributed by atoms with Gasteiger partial charge in [0, 0.05) is 6.08 Å². The molecule has 0 aliphatic heterocycles. The van der Waals surface area contributed by atoms with Crippen LogP contribution in [0.25, 0.3) is 0 Å². The lowest BCUT2D eigenvalue weighted by Gasteiger charge is -2.32. The van der Waals surface area contributed by atoms with Crippen molar-refractivity contribution in [2.45, 2.75) is 67.7 Å². The molecule has 0 unspecified atom stereocenters. The van der Waals surface area contributed by atoms with Crippen molar-refractivity contribution in [1.82, 2.24) is 0 Å². The van der Waals surface area contributed by atoms with Crippen molar-refractivity contribution >= 4 is 5.97 Å². The van der Waals surface area contributed by atoms with Gasteiger partial charge in [-0.15, -0.1) is 0 Å². The molecule has 1 aliphatic carbocycles. The van der Waals surface area contributed by atoms with Crippen molar-refractivity contribution in [3.05, 3.63) is 119 Å². The number of allylic oxidation sites excluding steroid dienone is 19. The highest BCUT2D eigenvalue weighted by molar-refractivity contribution is 5.80. The van der Waals surface area contributed by atoms with Crippen molar-refractivity contribution in [3.63, 3.8) is 0 Å². The SMILES string of the molecule is CC1=C(/C=C/C(C)=C/C=C/C(C)=C/C=C/C=C(C)/C=C/C=C(C)/C=C/C(=O)O)C(C)(C)CCC1. The summed E-state index contributed by atoms with van der Waals surface area (Å²) in [5.41, 5.74) is 7.73. The fraction of sp³-hybridized carbons (Fsp3) is 0.344. The first-order chi connectivity index (χ1) is 16.0. The second-order valence-corrected chi connectivity index (χ2v) is 9.68. The summed E-state index contributed by atoms with van der Waals surface area (Å²) in [5, 5.41) is 8.63. The van der Waals surface area contributed by atoms with Crippen molar-refractivity contribution in [3.8, 4) is 0 Å². The maximum atomic E-state index is 10.5. The number of hydrogen-bond acceptors (Lipinski definition) is 1. The van der Waals surface area contributed by atoms with Crippen LogP contribution in [-0.2, 0) is 4.79 Å². The van der Waals surface area contributed by atoms with Crippen LogP contribution in [-0.4, -0.2) is 11.1 Å². The van der Waals surface area contributed by atoms with Crippen LogP contribution < -0.4 is 0 Å². The molecule has 0 heterocycles. The Hall–Kier alpha value is -3.13. The topological polar surface area (TPSA) is 37.3 Å². The number of carboxylic acid groups (broad SMARTS) is 1. The Bertz CT molecular complexity index is 1010. The number of rotatable bonds is 10. The molecule has 0 amide bonds. The molecule has 0 saturated heterocycles. The molecule has 2 heteroatoms. The van der Waals surface area contributed by atoms with E-state index in [0.29, 0.717) is 0 Å². The molecule has 2 nitrogen and oxygen atoms in total. The van der Waals surface area contributed by atoms with E-state index in [2.05, 4.69) is 71.1 Å². The van der Waals surface area contributed by atoms with Gasteiger partial charge in [-0.25, -0.2) is 4.79 Å². The zero-order chi connectivity index (χ0) is 25.6. The lowest BCUT2D eigenvalue weighted by atomic mass is 9.72. The van der Waals surface area contributed by atoms with Crippen LogP contribution in [0.3, 0.4) is 0 Å². The Morgan fingerprint density at radius 1 is 0.735 bits per heavy atom. The minimum atomic E-state index is -0.939. The quantitative estimate of drug-likeness (QED) is 0.262. The monoisotopic (exact) mass is 458 g/mol. The molecule has 0 aromatic carbocycles. The van der Waals surface area contributed by atoms with E-state index in [9.17, 15) is 4.79 Å². The van der Waals surface area contributed by atoms with Gasteiger partial charge < -0.3 is 5.11 Å². The third-order valence-corrected chi connectivity index (χ3v) is 5.81. The first kappa shape index (κ1) is 28.9. The molecule has 0 aromatic rings. The van der Waals surface area contributed by atoms with Crippen molar-refractivity contribution in [2.24, 2.45) is 5.41 Å². The van der Waals surface area contributed by atoms with E-state index >= 15 is 0 Å². The largest absolute Gasteiger partial charge is 0.478 e. The fourth-order valence-corrected chi connectivity index (χ4v) is 3.77. The third kappa shape index (κ3) is 12.2. The minimum Gasteiger partial charge on any atom is -0.478 e. The summed E-state index contributed by atoms with van der Waals surface area (Å²) in [6.07, 6.45) is 31.4. The smallest absolute Gasteiger partial charge is 0.328 e. The van der Waals surface area contributed by atoms with Crippen LogP contribution in [0.1, 0.15) is 67.7 Å². The summed E-state index contributed by atoms with van der Waals surface area (Å²) in [6.45, 7) is 15.1. The van der Waals surface area contributed by atoms with E-state index in [1.54, 1.807) is 6.08 Å². The first-order valence-electron chi connectivity index (χ1n) is 12.0. The predicted molar refractivity (Wildman–Crippen MR) is 149 cm³/mol. The van der Waals surface area contributed by atoms with Crippen LogP contribution in [0.5, 0.6) is 0 Å². The van der Waals surface area contributed by atoms with Gasteiger partial charge in [0.05, 0.1) is 0 Å². The molecular weight excluding hydrogens is 416 g/mol. The van der Waals surface area contributed by atoms with Crippen LogP contribution in [0.2, 0.25) is 0 Å². The molecule has 0 spiro atoms. The molecule has 0 atom stereocenters. The highest BCUT2D eigenvalue weighted by Crippen LogP contribution is 2.40. The van der Waals surface area contributed by atoms with Crippen LogP contribution in [0, 0.1) is 5.41 Å². The van der Waals surface area contributed by atoms with E-state index in [1.807, 2.05) is 50.3 Å². The minimum absolute atomic E-state index is 0.276. The average molecular weight is 459 g/mol. The Kier molecular flexibility index (Phi) is 12.7. The lowest BCUT2D eigenvalue weighted by Crippen LogP contribution is -2.19. The first-order valence-corrected chi connectivity index (χ1v) is 12.0. The zero-order valence-electron chi connectivity index (χ0n) is 22.1. The van der Waals surface area contributed by atoms with Crippen LogP contribution in [0.15, 0.2) is 119 Å². The Balaban J connectivity index is 2.63. The van der Waals surface area contributed by atoms with E-state index in [4.69, 9.17) is 5.11 Å². The second kappa shape index (κ2) is 14.9. The summed E-state index contributed by atoms with van der Waals surface area (Å²) < 4.78 is 0. The molecule has 0 aromatic heterocycles. The summed E-state index contributed by atoms with van der Waals surface area (Å²) >= 11 is 0. The van der Waals surface area contributed by atoms with Crippen LogP contribution in [0.4, 0.5) is 0 Å². The van der Waals surface area contributed by atoms with Gasteiger partial charge >= 0.3 is 5.97 Å². The van der Waals surface area contributed by atoms with Gasteiger partial charge in [0.1, 0.15) is 0 Å². The molecule has 0 radical (unpaired) electrons. The summed E-state index contributed by atoms with van der Waals surface area (Å²) in [5.74, 6) is -0.939. The Morgan fingerprint density at radius 3 is 1.71 bits per heavy atom. The molecule has 182 valence electrons. The van der Waals surface area contributed by atoms with Gasteiger partial charge in [-0.3, -0.25) is 0 Å². The molecule has 0 saturated carbocycles. The normalized spacial score (nSPS) is 19.1. The van der Waals surface area contributed by atoms with Crippen LogP contribution >= 0.6 is 0 Å². The molecule has 0 bridgehead atoms. The molecule has 34 heavy (non-hydrogen) atoms. The standard InChI is InChI=1S/C32H42O2/c1-25(13-8-9-14-26(2)16-11-18-28(4)21-23-31(33)34)15-10-17-27(3)20-22-30-29(5)19-12-24-32(30,6)7/h8-11,13-18,20-23H,12,19,24H2,1-7H3,(H,33,34)/b9-8+,15-10+,16-11+,22-20+,23-21+,25-13+,26-14+,27-17+,28-18+. The predicted octanol–water partition coefficient (Wildman–Crippen LogP) is 9.16. The molecule has 0 fully saturated rings. The van der Waals surface area contributed by atoms with Crippen molar-refractivity contribution in [2.75, 3.05) is 0 Å². The molecule has 1 N–H and O–H groups in total. The summed E-state index contributed by atoms with van der Waals surface area (Å²) in [4.78, 5) is 10.5. The average Bonchev–Trinajstić information content (AvgIpc) is 2.74. The summed E-state index contributed by atoms with van der Waals surface area (Å²) in [6, 6.07) is 0. The fourth-order valence-electron chi connectivity index (χ4n) is 3.77. The number of aliphatic carboxylic acids is 1. The summed E-state index contributed by atoms with van der Waals surface area (Å²) in [7, 11) is 0. The lowest BCUT2D eigenvalue weighted by molar-refractivity contribution is -0.131. The van der Waals surface area contributed by atoms with Gasteiger partial charge in [-0.05, 0) is 64.9 Å². The Labute approximate surface area is 207 Å². The number of carboxylic acids is 1. The van der Waals surface area contributed by atoms with E-state index in [1.165, 1.54) is 41.6 Å². The van der Waals surface area contributed by atoms with Gasteiger partial charge in [-0.2, -0.15) is 0 Å². The number of hydrogen-bond donors (Lipinski definition) is 1. The molecule has 1 aliphatic rings. The molecular formula is C32H42O2. The van der Waals surface area contributed by atoms with E-state index in [-0.39, 0.29) is 5.41 Å². The van der Waals surface area contributed by atoms with Gasteiger partial charge in [0.2, 0.25) is 0 Å². The van der Waals surface area contributed by atoms with Gasteiger partial charge in [0.15, 0.2) is 0 Å². The van der Waals surface area contributed by atoms with Crippen molar-refractivity contribution in [1.29, 1.82) is 0 Å². The second-order valence-electron chi connectivity index (χ2n) is 9.68. The van der Waals surface area contributed by atoms with Crippen molar-refractivity contribution < 1.29 is 9.90 Å².